The lowest BCUT2D eigenvalue weighted by molar-refractivity contribution is -0.145. The average molecular weight is 348 g/mol. The zero-order valence-corrected chi connectivity index (χ0v) is 14.4. The van der Waals surface area contributed by atoms with Crippen LogP contribution in [-0.2, 0) is 15.0 Å². The SMILES string of the molecule is O=C(CO)N1CCN(C(=O)C2(c3cccc(F)c3)CCCCC2)CC1. The number of benzene rings is 1. The van der Waals surface area contributed by atoms with E-state index in [9.17, 15) is 14.0 Å². The van der Waals surface area contributed by atoms with Crippen LogP contribution in [0.2, 0.25) is 0 Å². The van der Waals surface area contributed by atoms with Crippen LogP contribution in [0, 0.1) is 5.82 Å². The number of carbonyl (C=O) groups excluding carboxylic acids is 2. The standard InChI is InChI=1S/C19H25FN2O3/c20-16-6-4-5-15(13-16)19(7-2-1-3-8-19)18(25)22-11-9-21(10-12-22)17(24)14-23/h4-6,13,23H,1-3,7-12,14H2. The maximum absolute atomic E-state index is 13.8. The zero-order valence-electron chi connectivity index (χ0n) is 14.4. The summed E-state index contributed by atoms with van der Waals surface area (Å²) in [5.41, 5.74) is 0.120. The first-order valence-electron chi connectivity index (χ1n) is 9.01. The summed E-state index contributed by atoms with van der Waals surface area (Å²) in [6, 6.07) is 6.43. The van der Waals surface area contributed by atoms with Crippen molar-refractivity contribution in [2.75, 3.05) is 32.8 Å². The molecule has 1 N–H and O–H groups in total. The van der Waals surface area contributed by atoms with Crippen molar-refractivity contribution >= 4 is 11.8 Å². The molecule has 1 saturated heterocycles. The number of hydrogen-bond donors (Lipinski definition) is 1. The highest BCUT2D eigenvalue weighted by Crippen LogP contribution is 2.41. The summed E-state index contributed by atoms with van der Waals surface area (Å²) in [4.78, 5) is 28.4. The topological polar surface area (TPSA) is 60.9 Å². The lowest BCUT2D eigenvalue weighted by Crippen LogP contribution is -2.56. The van der Waals surface area contributed by atoms with Gasteiger partial charge in [-0.1, -0.05) is 31.4 Å². The van der Waals surface area contributed by atoms with Crippen LogP contribution in [0.5, 0.6) is 0 Å². The predicted octanol–water partition coefficient (Wildman–Crippen LogP) is 1.69. The molecule has 3 rings (SSSR count). The molecule has 0 radical (unpaired) electrons. The molecule has 2 amide bonds. The number of nitrogens with zero attached hydrogens (tertiary/aromatic N) is 2. The smallest absolute Gasteiger partial charge is 0.248 e. The van der Waals surface area contributed by atoms with Crippen molar-refractivity contribution in [1.82, 2.24) is 9.80 Å². The number of aliphatic hydroxyl groups is 1. The van der Waals surface area contributed by atoms with Crippen LogP contribution < -0.4 is 0 Å². The van der Waals surface area contributed by atoms with Gasteiger partial charge in [-0.05, 0) is 30.5 Å². The Morgan fingerprint density at radius 1 is 1.04 bits per heavy atom. The molecule has 1 saturated carbocycles. The van der Waals surface area contributed by atoms with Gasteiger partial charge >= 0.3 is 0 Å². The van der Waals surface area contributed by atoms with E-state index < -0.39 is 12.0 Å². The highest BCUT2D eigenvalue weighted by molar-refractivity contribution is 5.89. The van der Waals surface area contributed by atoms with E-state index in [4.69, 9.17) is 5.11 Å². The van der Waals surface area contributed by atoms with Gasteiger partial charge in [-0.3, -0.25) is 9.59 Å². The van der Waals surface area contributed by atoms with E-state index >= 15 is 0 Å². The second-order valence-electron chi connectivity index (χ2n) is 6.98. The molecule has 1 heterocycles. The molecule has 136 valence electrons. The largest absolute Gasteiger partial charge is 0.387 e. The Labute approximate surface area is 147 Å². The fourth-order valence-corrected chi connectivity index (χ4v) is 4.13. The Kier molecular flexibility index (Phi) is 5.37. The summed E-state index contributed by atoms with van der Waals surface area (Å²) in [7, 11) is 0. The lowest BCUT2D eigenvalue weighted by Gasteiger charge is -2.43. The van der Waals surface area contributed by atoms with Crippen molar-refractivity contribution in [2.45, 2.75) is 37.5 Å². The summed E-state index contributed by atoms with van der Waals surface area (Å²) < 4.78 is 13.8. The number of hydrogen-bond acceptors (Lipinski definition) is 3. The number of carbonyl (C=O) groups is 2. The number of piperazine rings is 1. The van der Waals surface area contributed by atoms with Crippen LogP contribution in [0.1, 0.15) is 37.7 Å². The summed E-state index contributed by atoms with van der Waals surface area (Å²) in [6.07, 6.45) is 4.51. The van der Waals surface area contributed by atoms with E-state index in [0.29, 0.717) is 26.2 Å². The normalized spacial score (nSPS) is 20.4. The van der Waals surface area contributed by atoms with Crippen LogP contribution in [0.15, 0.2) is 24.3 Å². The highest BCUT2D eigenvalue weighted by atomic mass is 19.1. The predicted molar refractivity (Wildman–Crippen MR) is 91.4 cm³/mol. The zero-order chi connectivity index (χ0) is 17.9. The van der Waals surface area contributed by atoms with Gasteiger partial charge in [0.15, 0.2) is 0 Å². The van der Waals surface area contributed by atoms with Gasteiger partial charge in [0.1, 0.15) is 12.4 Å². The minimum Gasteiger partial charge on any atom is -0.387 e. The quantitative estimate of drug-likeness (QED) is 0.904. The van der Waals surface area contributed by atoms with Gasteiger partial charge in [-0.25, -0.2) is 4.39 Å². The first kappa shape index (κ1) is 17.9. The monoisotopic (exact) mass is 348 g/mol. The number of rotatable bonds is 3. The van der Waals surface area contributed by atoms with E-state index in [1.165, 1.54) is 12.1 Å². The fourth-order valence-electron chi connectivity index (χ4n) is 4.13. The minimum absolute atomic E-state index is 0.0499. The molecular formula is C19H25FN2O3. The molecule has 0 unspecified atom stereocenters. The molecule has 25 heavy (non-hydrogen) atoms. The molecule has 6 heteroatoms. The summed E-state index contributed by atoms with van der Waals surface area (Å²) in [6.45, 7) is 1.29. The number of amides is 2. The molecule has 2 aliphatic rings. The third kappa shape index (κ3) is 3.54. The fraction of sp³-hybridized carbons (Fsp3) is 0.579. The number of halogens is 1. The van der Waals surface area contributed by atoms with Crippen molar-refractivity contribution in [1.29, 1.82) is 0 Å². The Balaban J connectivity index is 1.80. The molecule has 0 bridgehead atoms. The molecule has 1 aromatic carbocycles. The Morgan fingerprint density at radius 3 is 2.28 bits per heavy atom. The molecular weight excluding hydrogens is 323 g/mol. The molecule has 1 aliphatic carbocycles. The number of aliphatic hydroxyl groups excluding tert-OH is 1. The Hall–Kier alpha value is -1.95. The van der Waals surface area contributed by atoms with Crippen LogP contribution in [0.25, 0.3) is 0 Å². The van der Waals surface area contributed by atoms with Gasteiger partial charge < -0.3 is 14.9 Å². The van der Waals surface area contributed by atoms with Crippen LogP contribution >= 0.6 is 0 Å². The maximum Gasteiger partial charge on any atom is 0.248 e. The Bertz CT molecular complexity index is 635. The third-order valence-corrected chi connectivity index (χ3v) is 5.55. The molecule has 1 aromatic rings. The first-order valence-corrected chi connectivity index (χ1v) is 9.01. The van der Waals surface area contributed by atoms with Crippen molar-refractivity contribution in [2.24, 2.45) is 0 Å². The van der Waals surface area contributed by atoms with Crippen LogP contribution in [-0.4, -0.2) is 59.5 Å². The second kappa shape index (κ2) is 7.52. The van der Waals surface area contributed by atoms with E-state index in [1.807, 2.05) is 6.07 Å². The van der Waals surface area contributed by atoms with E-state index in [2.05, 4.69) is 0 Å². The van der Waals surface area contributed by atoms with E-state index in [0.717, 1.165) is 37.7 Å². The summed E-state index contributed by atoms with van der Waals surface area (Å²) in [5, 5.41) is 8.97. The summed E-state index contributed by atoms with van der Waals surface area (Å²) >= 11 is 0. The van der Waals surface area contributed by atoms with Gasteiger partial charge in [0.25, 0.3) is 0 Å². The van der Waals surface area contributed by atoms with Crippen molar-refractivity contribution in [3.63, 3.8) is 0 Å². The van der Waals surface area contributed by atoms with Gasteiger partial charge in [0.2, 0.25) is 11.8 Å². The van der Waals surface area contributed by atoms with Crippen molar-refractivity contribution in [3.8, 4) is 0 Å². The maximum atomic E-state index is 13.8. The second-order valence-corrected chi connectivity index (χ2v) is 6.98. The molecule has 0 atom stereocenters. The van der Waals surface area contributed by atoms with Crippen molar-refractivity contribution < 1.29 is 19.1 Å². The van der Waals surface area contributed by atoms with E-state index in [-0.39, 0.29) is 17.6 Å². The highest BCUT2D eigenvalue weighted by Gasteiger charge is 2.44. The molecule has 5 nitrogen and oxygen atoms in total. The molecule has 0 spiro atoms. The van der Waals surface area contributed by atoms with Crippen LogP contribution in [0.3, 0.4) is 0 Å². The van der Waals surface area contributed by atoms with Gasteiger partial charge in [-0.2, -0.15) is 0 Å². The van der Waals surface area contributed by atoms with Gasteiger partial charge in [0, 0.05) is 26.2 Å². The lowest BCUT2D eigenvalue weighted by atomic mass is 9.68. The average Bonchev–Trinajstić information content (AvgIpc) is 2.67. The third-order valence-electron chi connectivity index (χ3n) is 5.55. The summed E-state index contributed by atoms with van der Waals surface area (Å²) in [5.74, 6) is -0.563. The Morgan fingerprint density at radius 2 is 1.68 bits per heavy atom. The minimum atomic E-state index is -0.649. The molecule has 0 aromatic heterocycles. The van der Waals surface area contributed by atoms with E-state index in [1.54, 1.807) is 15.9 Å². The van der Waals surface area contributed by atoms with Gasteiger partial charge in [0.05, 0.1) is 5.41 Å². The van der Waals surface area contributed by atoms with Crippen molar-refractivity contribution in [3.05, 3.63) is 35.6 Å². The molecule has 1 aliphatic heterocycles. The van der Waals surface area contributed by atoms with Crippen LogP contribution in [0.4, 0.5) is 4.39 Å². The van der Waals surface area contributed by atoms with Gasteiger partial charge in [-0.15, -0.1) is 0 Å². The first-order chi connectivity index (χ1) is 12.1. The molecule has 2 fully saturated rings.